The Morgan fingerprint density at radius 3 is 1.14 bits per heavy atom. The van der Waals surface area contributed by atoms with E-state index in [1.807, 2.05) is 0 Å². The molecule has 0 amide bonds. The summed E-state index contributed by atoms with van der Waals surface area (Å²) in [6.45, 7) is 0. The van der Waals surface area contributed by atoms with Crippen LogP contribution in [0.3, 0.4) is 0 Å². The predicted molar refractivity (Wildman–Crippen MR) is 90.8 cm³/mol. The average Bonchev–Trinajstić information content (AvgIpc) is 2.38. The van der Waals surface area contributed by atoms with E-state index in [0.29, 0.717) is 21.2 Å². The summed E-state index contributed by atoms with van der Waals surface area (Å²) < 4.78 is 1.97. The minimum atomic E-state index is -1.74. The molecule has 0 heterocycles. The normalized spacial score (nSPS) is 12.5. The van der Waals surface area contributed by atoms with Gasteiger partial charge in [0.25, 0.3) is 0 Å². The molecule has 0 fully saturated rings. The molecule has 0 N–H and O–H groups in total. The zero-order chi connectivity index (χ0) is 15.7. The molecule has 0 aliphatic rings. The highest BCUT2D eigenvalue weighted by Gasteiger charge is 2.40. The fourth-order valence-corrected chi connectivity index (χ4v) is 2.94. The van der Waals surface area contributed by atoms with E-state index in [1.165, 1.54) is 0 Å². The molecule has 0 saturated heterocycles. The lowest BCUT2D eigenvalue weighted by Crippen LogP contribution is -2.26. The first-order valence-corrected chi connectivity index (χ1v) is 7.95. The molecule has 7 heteroatoms. The van der Waals surface area contributed by atoms with Crippen LogP contribution in [0.5, 0.6) is 0 Å². The van der Waals surface area contributed by atoms with Crippen molar-refractivity contribution in [3.8, 4) is 0 Å². The van der Waals surface area contributed by atoms with Crippen molar-refractivity contribution in [2.75, 3.05) is 0 Å². The van der Waals surface area contributed by atoms with Crippen LogP contribution < -0.4 is 0 Å². The van der Waals surface area contributed by atoms with Gasteiger partial charge >= 0.3 is 0 Å². The third-order valence-corrected chi connectivity index (χ3v) is 4.30. The van der Waals surface area contributed by atoms with Gasteiger partial charge in [-0.15, -0.1) is 0 Å². The second-order valence-electron chi connectivity index (χ2n) is 4.15. The van der Waals surface area contributed by atoms with E-state index in [0.717, 1.165) is 0 Å². The molecular weight excluding hydrogens is 397 g/mol. The van der Waals surface area contributed by atoms with Gasteiger partial charge in [-0.1, -0.05) is 93.9 Å². The first-order valence-electron chi connectivity index (χ1n) is 5.68. The standard InChI is InChI=1S/C14H8Cl6O/c15-11-5-1-9(2-6-11)13(17,18)21-14(19,20)10-3-7-12(16)8-4-10/h1-8H. The van der Waals surface area contributed by atoms with Crippen LogP contribution >= 0.6 is 69.6 Å². The van der Waals surface area contributed by atoms with Gasteiger partial charge in [0.1, 0.15) is 0 Å². The molecule has 0 unspecified atom stereocenters. The van der Waals surface area contributed by atoms with Crippen LogP contribution in [0, 0.1) is 0 Å². The summed E-state index contributed by atoms with van der Waals surface area (Å²) in [5.74, 6) is 0. The summed E-state index contributed by atoms with van der Waals surface area (Å²) in [5.41, 5.74) is 0.907. The van der Waals surface area contributed by atoms with E-state index in [2.05, 4.69) is 0 Å². The Bertz CT molecular complexity index is 551. The van der Waals surface area contributed by atoms with Crippen LogP contribution in [0.2, 0.25) is 10.0 Å². The summed E-state index contributed by atoms with van der Waals surface area (Å²) >= 11 is 36.4. The molecule has 0 aliphatic heterocycles. The van der Waals surface area contributed by atoms with Crippen LogP contribution in [0.4, 0.5) is 0 Å². The second kappa shape index (κ2) is 6.72. The van der Waals surface area contributed by atoms with Crippen molar-refractivity contribution in [3.63, 3.8) is 0 Å². The largest absolute Gasteiger partial charge is 0.302 e. The Morgan fingerprint density at radius 2 is 0.857 bits per heavy atom. The summed E-state index contributed by atoms with van der Waals surface area (Å²) in [7, 11) is 0. The number of ether oxygens (including phenoxy) is 1. The second-order valence-corrected chi connectivity index (χ2v) is 7.54. The first kappa shape index (κ1) is 17.5. The van der Waals surface area contributed by atoms with E-state index in [9.17, 15) is 0 Å². The Morgan fingerprint density at radius 1 is 0.571 bits per heavy atom. The number of hydrogen-bond acceptors (Lipinski definition) is 1. The number of benzene rings is 2. The van der Waals surface area contributed by atoms with Crippen molar-refractivity contribution in [2.45, 2.75) is 9.04 Å². The highest BCUT2D eigenvalue weighted by atomic mass is 35.5. The molecule has 0 aromatic heterocycles. The summed E-state index contributed by atoms with van der Waals surface area (Å²) in [6, 6.07) is 13.0. The van der Waals surface area contributed by atoms with Gasteiger partial charge < -0.3 is 4.74 Å². The molecule has 1 nitrogen and oxygen atoms in total. The molecule has 0 saturated carbocycles. The Labute approximate surface area is 152 Å². The zero-order valence-corrected chi connectivity index (χ0v) is 14.8. The molecule has 0 aliphatic carbocycles. The van der Waals surface area contributed by atoms with Gasteiger partial charge in [-0.3, -0.25) is 0 Å². The van der Waals surface area contributed by atoms with Crippen LogP contribution in [0.25, 0.3) is 0 Å². The van der Waals surface area contributed by atoms with E-state index < -0.39 is 9.04 Å². The van der Waals surface area contributed by atoms with Gasteiger partial charge in [-0.25, -0.2) is 0 Å². The van der Waals surface area contributed by atoms with E-state index in [-0.39, 0.29) is 0 Å². The molecule has 0 spiro atoms. The van der Waals surface area contributed by atoms with Gasteiger partial charge in [0.05, 0.1) is 0 Å². The van der Waals surface area contributed by atoms with Crippen molar-refractivity contribution in [3.05, 3.63) is 69.7 Å². The molecular formula is C14H8Cl6O. The molecule has 21 heavy (non-hydrogen) atoms. The monoisotopic (exact) mass is 402 g/mol. The topological polar surface area (TPSA) is 9.23 Å². The maximum Gasteiger partial charge on any atom is 0.247 e. The van der Waals surface area contributed by atoms with Crippen LogP contribution in [0.15, 0.2) is 48.5 Å². The smallest absolute Gasteiger partial charge is 0.247 e. The third kappa shape index (κ3) is 4.56. The van der Waals surface area contributed by atoms with E-state index in [4.69, 9.17) is 74.3 Å². The lowest BCUT2D eigenvalue weighted by molar-refractivity contribution is 0.0237. The summed E-state index contributed by atoms with van der Waals surface area (Å²) in [4.78, 5) is 0. The average molecular weight is 405 g/mol. The number of rotatable bonds is 4. The minimum absolute atomic E-state index is 0.454. The lowest BCUT2D eigenvalue weighted by atomic mass is 10.2. The maximum absolute atomic E-state index is 6.18. The van der Waals surface area contributed by atoms with E-state index in [1.54, 1.807) is 48.5 Å². The van der Waals surface area contributed by atoms with Crippen molar-refractivity contribution in [1.29, 1.82) is 0 Å². The van der Waals surface area contributed by atoms with Gasteiger partial charge in [0, 0.05) is 21.2 Å². The SMILES string of the molecule is Clc1ccc(C(Cl)(Cl)OC(Cl)(Cl)c2ccc(Cl)cc2)cc1. The van der Waals surface area contributed by atoms with Crippen LogP contribution in [-0.2, 0) is 13.8 Å². The predicted octanol–water partition coefficient (Wildman–Crippen LogP) is 6.89. The molecule has 2 aromatic carbocycles. The maximum atomic E-state index is 6.18. The highest BCUT2D eigenvalue weighted by Crippen LogP contribution is 2.47. The fourth-order valence-electron chi connectivity index (χ4n) is 1.57. The lowest BCUT2D eigenvalue weighted by Gasteiger charge is -2.29. The van der Waals surface area contributed by atoms with Crippen molar-refractivity contribution in [2.24, 2.45) is 0 Å². The number of alkyl halides is 4. The van der Waals surface area contributed by atoms with Crippen LogP contribution in [-0.4, -0.2) is 0 Å². The molecule has 0 bridgehead atoms. The Balaban J connectivity index is 2.25. The van der Waals surface area contributed by atoms with Gasteiger partial charge in [-0.05, 0) is 24.3 Å². The van der Waals surface area contributed by atoms with Crippen molar-refractivity contribution >= 4 is 69.6 Å². The number of halogens is 6. The third-order valence-electron chi connectivity index (χ3n) is 2.62. The summed E-state index contributed by atoms with van der Waals surface area (Å²) in [6.07, 6.45) is 0. The highest BCUT2D eigenvalue weighted by molar-refractivity contribution is 6.50. The fraction of sp³-hybridized carbons (Fsp3) is 0.143. The number of hydrogen-bond donors (Lipinski definition) is 0. The van der Waals surface area contributed by atoms with Crippen LogP contribution in [0.1, 0.15) is 11.1 Å². The van der Waals surface area contributed by atoms with E-state index >= 15 is 0 Å². The zero-order valence-electron chi connectivity index (χ0n) is 10.3. The van der Waals surface area contributed by atoms with Crippen molar-refractivity contribution < 1.29 is 4.74 Å². The Hall–Kier alpha value is 0.140. The Kier molecular flexibility index (Phi) is 5.60. The van der Waals surface area contributed by atoms with Gasteiger partial charge in [-0.2, -0.15) is 0 Å². The molecule has 2 rings (SSSR count). The summed E-state index contributed by atoms with van der Waals surface area (Å²) in [5, 5.41) is 1.09. The quantitative estimate of drug-likeness (QED) is 0.504. The molecule has 0 atom stereocenters. The van der Waals surface area contributed by atoms with Gasteiger partial charge in [0.2, 0.25) is 9.04 Å². The molecule has 2 aromatic rings. The molecule has 0 radical (unpaired) electrons. The minimum Gasteiger partial charge on any atom is -0.302 e. The first-order chi connectivity index (χ1) is 9.71. The van der Waals surface area contributed by atoms with Gasteiger partial charge in [0.15, 0.2) is 0 Å². The van der Waals surface area contributed by atoms with Crippen molar-refractivity contribution in [1.82, 2.24) is 0 Å². The molecule has 112 valence electrons.